The van der Waals surface area contributed by atoms with E-state index in [4.69, 9.17) is 4.74 Å². The van der Waals surface area contributed by atoms with Crippen LogP contribution in [0.3, 0.4) is 0 Å². The van der Waals surface area contributed by atoms with Crippen molar-refractivity contribution in [3.05, 3.63) is 62.2 Å². The van der Waals surface area contributed by atoms with E-state index in [0.717, 1.165) is 26.3 Å². The number of rotatable bonds is 5. The van der Waals surface area contributed by atoms with Crippen LogP contribution in [-0.4, -0.2) is 11.0 Å². The lowest BCUT2D eigenvalue weighted by atomic mass is 10.2. The number of nitrogens with zero attached hydrogens (tertiary/aromatic N) is 1. The molecule has 6 heteroatoms. The molecule has 22 heavy (non-hydrogen) atoms. The summed E-state index contributed by atoms with van der Waals surface area (Å²) >= 11 is 6.62. The van der Waals surface area contributed by atoms with Gasteiger partial charge >= 0.3 is 5.97 Å². The van der Waals surface area contributed by atoms with Crippen molar-refractivity contribution in [2.24, 2.45) is 0 Å². The van der Waals surface area contributed by atoms with E-state index in [1.165, 1.54) is 0 Å². The Bertz CT molecular complexity index is 768. The van der Waals surface area contributed by atoms with E-state index in [1.54, 1.807) is 22.7 Å². The summed E-state index contributed by atoms with van der Waals surface area (Å²) in [6, 6.07) is 9.72. The monoisotopic (exact) mass is 393 g/mol. The molecule has 0 saturated heterocycles. The van der Waals surface area contributed by atoms with Crippen molar-refractivity contribution in [2.45, 2.75) is 13.0 Å². The zero-order valence-corrected chi connectivity index (χ0v) is 14.7. The van der Waals surface area contributed by atoms with E-state index in [1.807, 2.05) is 46.5 Å². The molecule has 3 rings (SSSR count). The lowest BCUT2D eigenvalue weighted by Gasteiger charge is -2.05. The molecule has 0 radical (unpaired) electrons. The predicted molar refractivity (Wildman–Crippen MR) is 93.1 cm³/mol. The largest absolute Gasteiger partial charge is 0.460 e. The summed E-state index contributed by atoms with van der Waals surface area (Å²) in [5.74, 6) is -0.266. The molecule has 3 nitrogen and oxygen atoms in total. The van der Waals surface area contributed by atoms with Gasteiger partial charge in [-0.2, -0.15) is 11.3 Å². The first kappa shape index (κ1) is 15.4. The van der Waals surface area contributed by atoms with Gasteiger partial charge in [-0.3, -0.25) is 4.79 Å². The van der Waals surface area contributed by atoms with Gasteiger partial charge in [0.2, 0.25) is 0 Å². The number of esters is 1. The van der Waals surface area contributed by atoms with Crippen molar-refractivity contribution in [1.82, 2.24) is 4.98 Å². The Morgan fingerprint density at radius 1 is 1.23 bits per heavy atom. The first-order valence-corrected chi connectivity index (χ1v) is 9.20. The predicted octanol–water partition coefficient (Wildman–Crippen LogP) is 4.92. The summed E-state index contributed by atoms with van der Waals surface area (Å²) in [5, 5.41) is 6.91. The fraction of sp³-hybridized carbons (Fsp3) is 0.125. The number of thiazole rings is 1. The second kappa shape index (κ2) is 7.17. The van der Waals surface area contributed by atoms with E-state index < -0.39 is 0 Å². The van der Waals surface area contributed by atoms with Gasteiger partial charge in [-0.1, -0.05) is 34.1 Å². The average Bonchev–Trinajstić information content (AvgIpc) is 3.17. The van der Waals surface area contributed by atoms with Gasteiger partial charge in [0.25, 0.3) is 0 Å². The van der Waals surface area contributed by atoms with Gasteiger partial charge in [-0.15, -0.1) is 11.3 Å². The molecule has 1 aromatic carbocycles. The fourth-order valence-corrected chi connectivity index (χ4v) is 3.81. The van der Waals surface area contributed by atoms with E-state index in [2.05, 4.69) is 20.9 Å². The summed E-state index contributed by atoms with van der Waals surface area (Å²) in [4.78, 5) is 16.4. The Balaban J connectivity index is 1.57. The number of hydrogen-bond acceptors (Lipinski definition) is 5. The van der Waals surface area contributed by atoms with Crippen molar-refractivity contribution in [1.29, 1.82) is 0 Å². The van der Waals surface area contributed by atoms with Gasteiger partial charge in [0.1, 0.15) is 11.6 Å². The Hall–Kier alpha value is -1.50. The second-order valence-electron chi connectivity index (χ2n) is 4.58. The van der Waals surface area contributed by atoms with Crippen LogP contribution in [0.4, 0.5) is 0 Å². The SMILES string of the molecule is O=C(Cc1csc(-c2ccsc2)n1)OCc1ccccc1Br. The number of aromatic nitrogens is 1. The highest BCUT2D eigenvalue weighted by molar-refractivity contribution is 9.10. The van der Waals surface area contributed by atoms with Crippen LogP contribution >= 0.6 is 38.6 Å². The number of benzene rings is 1. The maximum absolute atomic E-state index is 11.9. The van der Waals surface area contributed by atoms with Crippen LogP contribution in [0.5, 0.6) is 0 Å². The van der Waals surface area contributed by atoms with Crippen LogP contribution in [0.25, 0.3) is 10.6 Å². The van der Waals surface area contributed by atoms with Crippen LogP contribution in [0.15, 0.2) is 50.9 Å². The number of carbonyl (C=O) groups excluding carboxylic acids is 1. The molecule has 0 unspecified atom stereocenters. The smallest absolute Gasteiger partial charge is 0.312 e. The molecule has 0 N–H and O–H groups in total. The van der Waals surface area contributed by atoms with Crippen molar-refractivity contribution >= 4 is 44.6 Å². The summed E-state index contributed by atoms with van der Waals surface area (Å²) < 4.78 is 6.25. The van der Waals surface area contributed by atoms with Crippen LogP contribution in [0.1, 0.15) is 11.3 Å². The Kier molecular flexibility index (Phi) is 5.02. The quantitative estimate of drug-likeness (QED) is 0.577. The Morgan fingerprint density at radius 2 is 2.09 bits per heavy atom. The van der Waals surface area contributed by atoms with Gasteiger partial charge in [0.15, 0.2) is 0 Å². The molecular formula is C16H12BrNO2S2. The number of hydrogen-bond donors (Lipinski definition) is 0. The van der Waals surface area contributed by atoms with Crippen molar-refractivity contribution in [3.63, 3.8) is 0 Å². The number of carbonyl (C=O) groups is 1. The standard InChI is InChI=1S/C16H12BrNO2S2/c17-14-4-2-1-3-11(14)8-20-15(19)7-13-10-22-16(18-13)12-5-6-21-9-12/h1-6,9-10H,7-8H2. The minimum absolute atomic E-state index is 0.199. The average molecular weight is 394 g/mol. The van der Waals surface area contributed by atoms with E-state index in [0.29, 0.717) is 0 Å². The molecule has 0 bridgehead atoms. The van der Waals surface area contributed by atoms with E-state index >= 15 is 0 Å². The topological polar surface area (TPSA) is 39.2 Å². The first-order valence-electron chi connectivity index (χ1n) is 6.58. The molecule has 0 saturated carbocycles. The molecule has 0 amide bonds. The number of ether oxygens (including phenoxy) is 1. The molecule has 2 aromatic heterocycles. The van der Waals surface area contributed by atoms with Gasteiger partial charge in [0.05, 0.1) is 12.1 Å². The molecule has 0 aliphatic rings. The zero-order chi connectivity index (χ0) is 15.4. The Labute approximate surface area is 144 Å². The molecular weight excluding hydrogens is 382 g/mol. The highest BCUT2D eigenvalue weighted by atomic mass is 79.9. The van der Waals surface area contributed by atoms with Crippen LogP contribution in [0, 0.1) is 0 Å². The summed E-state index contributed by atoms with van der Waals surface area (Å²) in [7, 11) is 0. The summed E-state index contributed by atoms with van der Waals surface area (Å²) in [6.07, 6.45) is 0.199. The third kappa shape index (κ3) is 3.82. The maximum atomic E-state index is 11.9. The van der Waals surface area contributed by atoms with E-state index in [9.17, 15) is 4.79 Å². The Morgan fingerprint density at radius 3 is 2.86 bits per heavy atom. The van der Waals surface area contributed by atoms with Crippen LogP contribution in [-0.2, 0) is 22.6 Å². The third-order valence-electron chi connectivity index (χ3n) is 2.99. The van der Waals surface area contributed by atoms with Gasteiger partial charge in [-0.05, 0) is 17.5 Å². The van der Waals surface area contributed by atoms with Gasteiger partial charge in [0, 0.05) is 26.4 Å². The maximum Gasteiger partial charge on any atom is 0.312 e. The first-order chi connectivity index (χ1) is 10.7. The number of halogens is 1. The van der Waals surface area contributed by atoms with Crippen molar-refractivity contribution in [2.75, 3.05) is 0 Å². The highest BCUT2D eigenvalue weighted by Crippen LogP contribution is 2.26. The molecule has 0 aliphatic carbocycles. The third-order valence-corrected chi connectivity index (χ3v) is 5.39. The van der Waals surface area contributed by atoms with Crippen LogP contribution in [0.2, 0.25) is 0 Å². The molecule has 2 heterocycles. The minimum atomic E-state index is -0.266. The minimum Gasteiger partial charge on any atom is -0.460 e. The van der Waals surface area contributed by atoms with Crippen molar-refractivity contribution < 1.29 is 9.53 Å². The van der Waals surface area contributed by atoms with Gasteiger partial charge < -0.3 is 4.74 Å². The molecule has 3 aromatic rings. The lowest BCUT2D eigenvalue weighted by Crippen LogP contribution is -2.08. The van der Waals surface area contributed by atoms with Crippen LogP contribution < -0.4 is 0 Å². The summed E-state index contributed by atoms with van der Waals surface area (Å²) in [6.45, 7) is 0.266. The molecule has 0 spiro atoms. The molecule has 0 aliphatic heterocycles. The lowest BCUT2D eigenvalue weighted by molar-refractivity contribution is -0.144. The second-order valence-corrected chi connectivity index (χ2v) is 7.08. The molecule has 112 valence electrons. The highest BCUT2D eigenvalue weighted by Gasteiger charge is 2.11. The van der Waals surface area contributed by atoms with Gasteiger partial charge in [-0.25, -0.2) is 4.98 Å². The summed E-state index contributed by atoms with van der Waals surface area (Å²) in [5.41, 5.74) is 2.80. The molecule has 0 fully saturated rings. The zero-order valence-electron chi connectivity index (χ0n) is 11.5. The number of thiophene rings is 1. The van der Waals surface area contributed by atoms with E-state index in [-0.39, 0.29) is 19.0 Å². The fourth-order valence-electron chi connectivity index (χ4n) is 1.88. The van der Waals surface area contributed by atoms with Crippen molar-refractivity contribution in [3.8, 4) is 10.6 Å². The normalized spacial score (nSPS) is 10.6. The molecule has 0 atom stereocenters.